The number of para-hydroxylation sites is 1. The van der Waals surface area contributed by atoms with Crippen molar-refractivity contribution in [3.05, 3.63) is 41.5 Å². The van der Waals surface area contributed by atoms with Crippen LogP contribution in [0.3, 0.4) is 0 Å². The summed E-state index contributed by atoms with van der Waals surface area (Å²) in [5.74, 6) is 2.26. The normalized spacial score (nSPS) is 18.6. The van der Waals surface area contributed by atoms with Gasteiger partial charge in [-0.2, -0.15) is 0 Å². The second-order valence-corrected chi connectivity index (χ2v) is 7.58. The lowest BCUT2D eigenvalue weighted by Gasteiger charge is -2.21. The number of hydrogen-bond acceptors (Lipinski definition) is 6. The van der Waals surface area contributed by atoms with E-state index < -0.39 is 0 Å². The lowest BCUT2D eigenvalue weighted by molar-refractivity contribution is -0.130. The molecule has 0 radical (unpaired) electrons. The minimum absolute atomic E-state index is 0.00733. The monoisotopic (exact) mass is 413 g/mol. The number of carbonyl (C=O) groups excluding carboxylic acids is 2. The second kappa shape index (κ2) is 9.25. The third kappa shape index (κ3) is 4.46. The quantitative estimate of drug-likeness (QED) is 0.743. The van der Waals surface area contributed by atoms with Crippen LogP contribution >= 0.6 is 0 Å². The van der Waals surface area contributed by atoms with E-state index in [4.69, 9.17) is 9.47 Å². The van der Waals surface area contributed by atoms with Gasteiger partial charge in [0.15, 0.2) is 5.82 Å². The molecule has 2 aromatic rings. The summed E-state index contributed by atoms with van der Waals surface area (Å²) in [4.78, 5) is 27.0. The van der Waals surface area contributed by atoms with Crippen molar-refractivity contribution in [2.45, 2.75) is 32.4 Å². The number of carbonyl (C=O) groups is 2. The number of hydrogen-bond donors (Lipinski definition) is 1. The molecule has 2 aliphatic heterocycles. The van der Waals surface area contributed by atoms with Crippen LogP contribution in [0, 0.1) is 5.92 Å². The first-order chi connectivity index (χ1) is 14.7. The van der Waals surface area contributed by atoms with Crippen LogP contribution in [-0.2, 0) is 40.3 Å². The fraction of sp³-hybridized carbons (Fsp3) is 0.524. The van der Waals surface area contributed by atoms with Gasteiger partial charge in [0.05, 0.1) is 32.6 Å². The van der Waals surface area contributed by atoms with E-state index in [0.717, 1.165) is 29.4 Å². The van der Waals surface area contributed by atoms with Crippen LogP contribution in [0.15, 0.2) is 24.3 Å². The Hall–Kier alpha value is -2.94. The Morgan fingerprint density at radius 1 is 1.23 bits per heavy atom. The Kier molecular flexibility index (Phi) is 6.27. The average molecular weight is 413 g/mol. The van der Waals surface area contributed by atoms with Crippen LogP contribution < -0.4 is 10.1 Å². The Morgan fingerprint density at radius 2 is 2.10 bits per heavy atom. The number of rotatable bonds is 6. The van der Waals surface area contributed by atoms with E-state index in [9.17, 15) is 9.59 Å². The molecule has 0 spiro atoms. The predicted octanol–water partition coefficient (Wildman–Crippen LogP) is 0.567. The standard InChI is InChI=1S/C21H27N5O4/c1-29-17-5-3-2-4-15(17)12-20(27)25-8-6-18-23-24-19(26(18)10-9-25)13-22-21(28)16-7-11-30-14-16/h2-5,16H,6-14H2,1H3,(H,22,28). The van der Waals surface area contributed by atoms with Crippen molar-refractivity contribution in [2.24, 2.45) is 5.92 Å². The highest BCUT2D eigenvalue weighted by Crippen LogP contribution is 2.19. The van der Waals surface area contributed by atoms with E-state index in [0.29, 0.717) is 52.2 Å². The zero-order valence-corrected chi connectivity index (χ0v) is 17.2. The number of fused-ring (bicyclic) bond motifs is 1. The third-order valence-electron chi connectivity index (χ3n) is 5.71. The molecule has 160 valence electrons. The van der Waals surface area contributed by atoms with Crippen LogP contribution in [0.1, 0.15) is 23.6 Å². The highest BCUT2D eigenvalue weighted by molar-refractivity contribution is 5.79. The van der Waals surface area contributed by atoms with E-state index in [1.54, 1.807) is 7.11 Å². The molecule has 1 aromatic carbocycles. The van der Waals surface area contributed by atoms with Crippen molar-refractivity contribution in [3.63, 3.8) is 0 Å². The second-order valence-electron chi connectivity index (χ2n) is 7.58. The van der Waals surface area contributed by atoms with Crippen molar-refractivity contribution in [1.82, 2.24) is 25.0 Å². The molecule has 1 unspecified atom stereocenters. The number of nitrogens with one attached hydrogen (secondary N) is 1. The van der Waals surface area contributed by atoms with Gasteiger partial charge >= 0.3 is 0 Å². The molecule has 1 atom stereocenters. The number of ether oxygens (including phenoxy) is 2. The smallest absolute Gasteiger partial charge is 0.227 e. The van der Waals surface area contributed by atoms with Gasteiger partial charge in [-0.1, -0.05) is 18.2 Å². The topological polar surface area (TPSA) is 98.6 Å². The first-order valence-electron chi connectivity index (χ1n) is 10.3. The Labute approximate surface area is 175 Å². The van der Waals surface area contributed by atoms with Gasteiger partial charge in [0, 0.05) is 38.2 Å². The molecule has 1 aromatic heterocycles. The first kappa shape index (κ1) is 20.3. The molecule has 1 fully saturated rings. The summed E-state index contributed by atoms with van der Waals surface area (Å²) in [5.41, 5.74) is 0.882. The van der Waals surface area contributed by atoms with E-state index in [1.165, 1.54) is 0 Å². The van der Waals surface area contributed by atoms with Crippen molar-refractivity contribution in [1.29, 1.82) is 0 Å². The molecule has 4 rings (SSSR count). The highest BCUT2D eigenvalue weighted by atomic mass is 16.5. The van der Waals surface area contributed by atoms with E-state index in [1.807, 2.05) is 33.7 Å². The third-order valence-corrected chi connectivity index (χ3v) is 5.71. The summed E-state index contributed by atoms with van der Waals surface area (Å²) in [5, 5.41) is 11.5. The van der Waals surface area contributed by atoms with Crippen LogP contribution in [0.25, 0.3) is 0 Å². The summed E-state index contributed by atoms with van der Waals surface area (Å²) < 4.78 is 12.6. The number of benzene rings is 1. The molecule has 9 nitrogen and oxygen atoms in total. The largest absolute Gasteiger partial charge is 0.496 e. The minimum Gasteiger partial charge on any atom is -0.496 e. The van der Waals surface area contributed by atoms with E-state index in [2.05, 4.69) is 15.5 Å². The average Bonchev–Trinajstić information content (AvgIpc) is 3.38. The Balaban J connectivity index is 1.35. The molecule has 0 saturated carbocycles. The molecule has 3 heterocycles. The molecule has 2 aliphatic rings. The van der Waals surface area contributed by atoms with Crippen molar-refractivity contribution in [3.8, 4) is 5.75 Å². The van der Waals surface area contributed by atoms with Gasteiger partial charge < -0.3 is 24.3 Å². The number of amides is 2. The van der Waals surface area contributed by atoms with Gasteiger partial charge in [-0.15, -0.1) is 10.2 Å². The van der Waals surface area contributed by atoms with Crippen LogP contribution in [0.2, 0.25) is 0 Å². The lowest BCUT2D eigenvalue weighted by atomic mass is 10.1. The maximum absolute atomic E-state index is 12.9. The molecular formula is C21H27N5O4. The van der Waals surface area contributed by atoms with Gasteiger partial charge in [-0.05, 0) is 12.5 Å². The van der Waals surface area contributed by atoms with Crippen LogP contribution in [0.5, 0.6) is 5.75 Å². The Bertz CT molecular complexity index is 907. The predicted molar refractivity (Wildman–Crippen MR) is 108 cm³/mol. The summed E-state index contributed by atoms with van der Waals surface area (Å²) in [6.07, 6.45) is 1.69. The zero-order chi connectivity index (χ0) is 20.9. The summed E-state index contributed by atoms with van der Waals surface area (Å²) in [7, 11) is 1.61. The first-order valence-corrected chi connectivity index (χ1v) is 10.3. The highest BCUT2D eigenvalue weighted by Gasteiger charge is 2.25. The fourth-order valence-corrected chi connectivity index (χ4v) is 3.94. The molecule has 1 N–H and O–H groups in total. The molecule has 2 amide bonds. The summed E-state index contributed by atoms with van der Waals surface area (Å²) in [6.45, 7) is 3.23. The summed E-state index contributed by atoms with van der Waals surface area (Å²) >= 11 is 0. The van der Waals surface area contributed by atoms with Gasteiger partial charge in [-0.25, -0.2) is 0 Å². The van der Waals surface area contributed by atoms with Crippen molar-refractivity contribution < 1.29 is 19.1 Å². The SMILES string of the molecule is COc1ccccc1CC(=O)N1CCc2nnc(CNC(=O)C3CCOC3)n2CC1. The molecule has 0 bridgehead atoms. The van der Waals surface area contributed by atoms with E-state index in [-0.39, 0.29) is 17.7 Å². The van der Waals surface area contributed by atoms with Gasteiger partial charge in [0.25, 0.3) is 0 Å². The zero-order valence-electron chi connectivity index (χ0n) is 17.2. The molecule has 0 aliphatic carbocycles. The van der Waals surface area contributed by atoms with Crippen molar-refractivity contribution >= 4 is 11.8 Å². The van der Waals surface area contributed by atoms with E-state index >= 15 is 0 Å². The molecular weight excluding hydrogens is 386 g/mol. The van der Waals surface area contributed by atoms with Crippen LogP contribution in [-0.4, -0.2) is 64.9 Å². The lowest BCUT2D eigenvalue weighted by Crippen LogP contribution is -2.35. The van der Waals surface area contributed by atoms with Crippen molar-refractivity contribution in [2.75, 3.05) is 33.4 Å². The number of nitrogens with zero attached hydrogens (tertiary/aromatic N) is 4. The van der Waals surface area contributed by atoms with Gasteiger partial charge in [-0.3, -0.25) is 9.59 Å². The fourth-order valence-electron chi connectivity index (χ4n) is 3.94. The Morgan fingerprint density at radius 3 is 2.90 bits per heavy atom. The maximum atomic E-state index is 12.9. The number of aromatic nitrogens is 3. The number of methoxy groups -OCH3 is 1. The minimum atomic E-state index is -0.0837. The molecule has 1 saturated heterocycles. The van der Waals surface area contributed by atoms with Gasteiger partial charge in [0.1, 0.15) is 11.6 Å². The molecule has 9 heteroatoms. The van der Waals surface area contributed by atoms with Crippen LogP contribution in [0.4, 0.5) is 0 Å². The summed E-state index contributed by atoms with van der Waals surface area (Å²) in [6, 6.07) is 7.59. The maximum Gasteiger partial charge on any atom is 0.227 e. The van der Waals surface area contributed by atoms with Gasteiger partial charge in [0.2, 0.25) is 11.8 Å². The molecule has 30 heavy (non-hydrogen) atoms.